The summed E-state index contributed by atoms with van der Waals surface area (Å²) in [5, 5.41) is 9.51. The van der Waals surface area contributed by atoms with Crippen LogP contribution in [0.4, 0.5) is 0 Å². The summed E-state index contributed by atoms with van der Waals surface area (Å²) in [4.78, 5) is 28.4. The number of nitrogens with one attached hydrogen (secondary N) is 2. The number of aromatic nitrogens is 2. The quantitative estimate of drug-likeness (QED) is 0.727. The van der Waals surface area contributed by atoms with Crippen molar-refractivity contribution in [2.75, 3.05) is 14.2 Å². The molecule has 0 bridgehead atoms. The van der Waals surface area contributed by atoms with Gasteiger partial charge >= 0.3 is 5.69 Å². The number of rotatable bonds is 3. The summed E-state index contributed by atoms with van der Waals surface area (Å²) < 4.78 is 15.8. The highest BCUT2D eigenvalue weighted by molar-refractivity contribution is 5.57. The van der Waals surface area contributed by atoms with Gasteiger partial charge in [-0.25, -0.2) is 4.79 Å². The van der Waals surface area contributed by atoms with Gasteiger partial charge in [-0.05, 0) is 6.07 Å². The lowest BCUT2D eigenvalue weighted by molar-refractivity contribution is 0.368. The zero-order chi connectivity index (χ0) is 18.1. The molecule has 3 rings (SSSR count). The van der Waals surface area contributed by atoms with Crippen molar-refractivity contribution in [1.82, 2.24) is 9.97 Å². The summed E-state index contributed by atoms with van der Waals surface area (Å²) in [6, 6.07) is 6.91. The van der Waals surface area contributed by atoms with Crippen molar-refractivity contribution < 1.29 is 14.2 Å². The molecule has 25 heavy (non-hydrogen) atoms. The number of fused-ring (bicyclic) bond motifs is 1. The Morgan fingerprint density at radius 1 is 1.24 bits per heavy atom. The molecule has 1 atom stereocenters. The molecule has 1 aliphatic rings. The second kappa shape index (κ2) is 6.09. The minimum Gasteiger partial charge on any atom is -0.497 e. The van der Waals surface area contributed by atoms with E-state index in [4.69, 9.17) is 19.9 Å². The summed E-state index contributed by atoms with van der Waals surface area (Å²) >= 11 is 0. The number of nitrogens with zero attached hydrogens (tertiary/aromatic N) is 1. The molecule has 0 spiro atoms. The van der Waals surface area contributed by atoms with Crippen molar-refractivity contribution in [2.45, 2.75) is 5.92 Å². The molecular weight excluding hydrogens is 328 g/mol. The first-order valence-electron chi connectivity index (χ1n) is 7.16. The van der Waals surface area contributed by atoms with E-state index in [-0.39, 0.29) is 22.9 Å². The van der Waals surface area contributed by atoms with Crippen LogP contribution in [0.5, 0.6) is 17.4 Å². The number of nitriles is 1. The summed E-state index contributed by atoms with van der Waals surface area (Å²) in [6.45, 7) is 0. The average Bonchev–Trinajstić information content (AvgIpc) is 2.59. The van der Waals surface area contributed by atoms with Crippen LogP contribution in [-0.4, -0.2) is 24.2 Å². The Hall–Kier alpha value is -3.67. The number of H-pyrrole nitrogens is 2. The number of aromatic amines is 2. The molecule has 0 amide bonds. The first kappa shape index (κ1) is 16.2. The Morgan fingerprint density at radius 3 is 2.64 bits per heavy atom. The largest absolute Gasteiger partial charge is 0.497 e. The SMILES string of the molecule is COc1ccc([C@@H]2C(C#N)=C(N)Oc3[nH]c(=O)[nH]c(=O)c32)c(OC)c1. The molecular formula is C16H14N4O5. The molecule has 0 saturated carbocycles. The van der Waals surface area contributed by atoms with Crippen molar-refractivity contribution in [2.24, 2.45) is 5.73 Å². The van der Waals surface area contributed by atoms with Gasteiger partial charge in [-0.2, -0.15) is 5.26 Å². The molecule has 9 nitrogen and oxygen atoms in total. The number of nitrogens with two attached hydrogens (primary N) is 1. The Bertz CT molecular complexity index is 1030. The molecule has 2 aromatic rings. The standard InChI is InChI=1S/C16H14N4O5/c1-23-7-3-4-8(10(5-7)24-2)11-9(6-17)13(18)25-15-12(11)14(21)19-16(22)20-15/h3-5,11H,18H2,1-2H3,(H2,19,20,21,22)/t11-/m1/s1. The second-order valence-corrected chi connectivity index (χ2v) is 5.18. The molecule has 128 valence electrons. The Balaban J connectivity index is 2.34. The van der Waals surface area contributed by atoms with E-state index in [2.05, 4.69) is 9.97 Å². The zero-order valence-electron chi connectivity index (χ0n) is 13.4. The fourth-order valence-corrected chi connectivity index (χ4v) is 2.76. The third-order valence-corrected chi connectivity index (χ3v) is 3.87. The maximum absolute atomic E-state index is 12.4. The predicted molar refractivity (Wildman–Crippen MR) is 86.5 cm³/mol. The van der Waals surface area contributed by atoms with Crippen LogP contribution in [0, 0.1) is 11.3 Å². The second-order valence-electron chi connectivity index (χ2n) is 5.18. The van der Waals surface area contributed by atoms with E-state index in [1.54, 1.807) is 18.2 Å². The van der Waals surface area contributed by atoms with Gasteiger partial charge in [0.15, 0.2) is 0 Å². The van der Waals surface area contributed by atoms with Gasteiger partial charge in [0.1, 0.15) is 23.1 Å². The summed E-state index contributed by atoms with van der Waals surface area (Å²) in [5.41, 5.74) is 5.00. The normalized spacial score (nSPS) is 15.8. The summed E-state index contributed by atoms with van der Waals surface area (Å²) in [5.74, 6) is -0.232. The molecule has 0 radical (unpaired) electrons. The Kier molecular flexibility index (Phi) is 3.94. The van der Waals surface area contributed by atoms with E-state index in [1.165, 1.54) is 14.2 Å². The van der Waals surface area contributed by atoms with Crippen molar-refractivity contribution in [3.8, 4) is 23.4 Å². The number of hydrogen-bond acceptors (Lipinski definition) is 7. The fourth-order valence-electron chi connectivity index (χ4n) is 2.76. The number of hydrogen-bond donors (Lipinski definition) is 3. The third-order valence-electron chi connectivity index (χ3n) is 3.87. The minimum atomic E-state index is -0.866. The van der Waals surface area contributed by atoms with Crippen LogP contribution in [0.1, 0.15) is 17.0 Å². The monoisotopic (exact) mass is 342 g/mol. The van der Waals surface area contributed by atoms with E-state index in [0.717, 1.165) is 0 Å². The number of methoxy groups -OCH3 is 2. The minimum absolute atomic E-state index is 0.0357. The van der Waals surface area contributed by atoms with Gasteiger partial charge in [0.25, 0.3) is 5.56 Å². The predicted octanol–water partition coefficient (Wildman–Crippen LogP) is 0.299. The first-order chi connectivity index (χ1) is 12.0. The van der Waals surface area contributed by atoms with Crippen LogP contribution in [0.25, 0.3) is 0 Å². The van der Waals surface area contributed by atoms with Crippen molar-refractivity contribution in [3.05, 3.63) is 61.6 Å². The molecule has 0 aliphatic carbocycles. The highest BCUT2D eigenvalue weighted by Crippen LogP contribution is 2.42. The van der Waals surface area contributed by atoms with Gasteiger partial charge in [-0.3, -0.25) is 14.8 Å². The van der Waals surface area contributed by atoms with Gasteiger partial charge in [-0.1, -0.05) is 6.07 Å². The highest BCUT2D eigenvalue weighted by Gasteiger charge is 2.35. The van der Waals surface area contributed by atoms with Gasteiger partial charge in [0.05, 0.1) is 25.7 Å². The van der Waals surface area contributed by atoms with Crippen molar-refractivity contribution in [1.29, 1.82) is 5.26 Å². The fraction of sp³-hybridized carbons (Fsp3) is 0.188. The van der Waals surface area contributed by atoms with E-state index in [9.17, 15) is 14.9 Å². The van der Waals surface area contributed by atoms with Crippen LogP contribution in [0.3, 0.4) is 0 Å². The van der Waals surface area contributed by atoms with Gasteiger partial charge in [0, 0.05) is 11.6 Å². The molecule has 1 aliphatic heterocycles. The van der Waals surface area contributed by atoms with E-state index in [1.807, 2.05) is 6.07 Å². The molecule has 2 heterocycles. The van der Waals surface area contributed by atoms with Crippen molar-refractivity contribution in [3.63, 3.8) is 0 Å². The molecule has 0 saturated heterocycles. The van der Waals surface area contributed by atoms with Crippen molar-refractivity contribution >= 4 is 0 Å². The zero-order valence-corrected chi connectivity index (χ0v) is 13.4. The van der Waals surface area contributed by atoms with Crippen LogP contribution < -0.4 is 31.2 Å². The van der Waals surface area contributed by atoms with Gasteiger partial charge in [0.2, 0.25) is 11.8 Å². The van der Waals surface area contributed by atoms with Gasteiger partial charge in [-0.15, -0.1) is 0 Å². The summed E-state index contributed by atoms with van der Waals surface area (Å²) in [7, 11) is 2.96. The smallest absolute Gasteiger partial charge is 0.328 e. The van der Waals surface area contributed by atoms with Crippen LogP contribution in [-0.2, 0) is 0 Å². The highest BCUT2D eigenvalue weighted by atomic mass is 16.5. The summed E-state index contributed by atoms with van der Waals surface area (Å²) in [6.07, 6.45) is 0. The maximum atomic E-state index is 12.4. The van der Waals surface area contributed by atoms with E-state index >= 15 is 0 Å². The molecule has 1 aromatic carbocycles. The van der Waals surface area contributed by atoms with Crippen LogP contribution in [0.2, 0.25) is 0 Å². The van der Waals surface area contributed by atoms with Crippen LogP contribution >= 0.6 is 0 Å². The van der Waals surface area contributed by atoms with E-state index in [0.29, 0.717) is 17.1 Å². The Morgan fingerprint density at radius 2 is 2.00 bits per heavy atom. The lowest BCUT2D eigenvalue weighted by Crippen LogP contribution is -2.33. The van der Waals surface area contributed by atoms with Gasteiger partial charge < -0.3 is 19.9 Å². The molecule has 9 heteroatoms. The lowest BCUT2D eigenvalue weighted by Gasteiger charge is -2.26. The maximum Gasteiger partial charge on any atom is 0.328 e. The topological polar surface area (TPSA) is 143 Å². The molecule has 1 aromatic heterocycles. The number of allylic oxidation sites excluding steroid dienone is 1. The first-order valence-corrected chi connectivity index (χ1v) is 7.16. The lowest BCUT2D eigenvalue weighted by atomic mass is 9.84. The Labute approximate surface area is 141 Å². The third kappa shape index (κ3) is 2.59. The average molecular weight is 342 g/mol. The molecule has 0 fully saturated rings. The number of ether oxygens (including phenoxy) is 3. The van der Waals surface area contributed by atoms with E-state index < -0.39 is 17.2 Å². The number of benzene rings is 1. The van der Waals surface area contributed by atoms with Crippen LogP contribution in [0.15, 0.2) is 39.2 Å². The molecule has 4 N–H and O–H groups in total. The molecule has 0 unspecified atom stereocenters.